The number of amides is 1. The summed E-state index contributed by atoms with van der Waals surface area (Å²) >= 11 is 1.34. The Labute approximate surface area is 181 Å². The molecule has 0 bridgehead atoms. The van der Waals surface area contributed by atoms with Crippen molar-refractivity contribution >= 4 is 32.2 Å². The van der Waals surface area contributed by atoms with Gasteiger partial charge in [0.15, 0.2) is 15.0 Å². The third kappa shape index (κ3) is 4.63. The summed E-state index contributed by atoms with van der Waals surface area (Å²) in [6.07, 6.45) is 0.860. The molecule has 4 rings (SSSR count). The first kappa shape index (κ1) is 20.8. The van der Waals surface area contributed by atoms with E-state index in [1.54, 1.807) is 0 Å². The molecule has 0 aliphatic heterocycles. The van der Waals surface area contributed by atoms with Gasteiger partial charge in [-0.05, 0) is 40.7 Å². The average Bonchev–Trinajstić information content (AvgIpc) is 3.29. The van der Waals surface area contributed by atoms with Crippen LogP contribution >= 0.6 is 11.3 Å². The topological polar surface area (TPSA) is 76.1 Å². The molecule has 2 aromatic carbocycles. The molecule has 30 heavy (non-hydrogen) atoms. The molecular formula is C23H24N2O3S2. The molecule has 1 N–H and O–H groups in total. The van der Waals surface area contributed by atoms with Crippen LogP contribution in [0.25, 0.3) is 22.4 Å². The zero-order valence-electron chi connectivity index (χ0n) is 17.0. The molecule has 7 heteroatoms. The van der Waals surface area contributed by atoms with Gasteiger partial charge in [-0.3, -0.25) is 4.79 Å². The van der Waals surface area contributed by atoms with E-state index in [4.69, 9.17) is 0 Å². The minimum Gasteiger partial charge on any atom is -0.302 e. The Morgan fingerprint density at radius 2 is 1.90 bits per heavy atom. The van der Waals surface area contributed by atoms with E-state index in [1.165, 1.54) is 33.6 Å². The summed E-state index contributed by atoms with van der Waals surface area (Å²) in [6.45, 7) is 3.71. The quantitative estimate of drug-likeness (QED) is 0.449. The Balaban J connectivity index is 1.41. The van der Waals surface area contributed by atoms with Gasteiger partial charge in [0, 0.05) is 17.4 Å². The van der Waals surface area contributed by atoms with Crippen LogP contribution in [0, 0.1) is 5.92 Å². The standard InChI is InChI=1S/C23H24N2O3S2/c1-15(2)14-30(27,28)10-9-22(26)25-23-24-21(13-29-23)17-7-8-20-18(12-17)11-16-5-3-4-6-19(16)20/h3-8,12-13,15H,9-11,14H2,1-2H3,(H,24,25,26). The summed E-state index contributed by atoms with van der Waals surface area (Å²) < 4.78 is 23.9. The number of aromatic nitrogens is 1. The summed E-state index contributed by atoms with van der Waals surface area (Å²) in [7, 11) is -3.21. The number of benzene rings is 2. The number of hydrogen-bond donors (Lipinski definition) is 1. The van der Waals surface area contributed by atoms with Gasteiger partial charge in [0.25, 0.3) is 0 Å². The van der Waals surface area contributed by atoms with E-state index in [-0.39, 0.29) is 29.8 Å². The Hall–Kier alpha value is -2.51. The zero-order chi connectivity index (χ0) is 21.3. The molecule has 0 fully saturated rings. The largest absolute Gasteiger partial charge is 0.302 e. The Kier molecular flexibility index (Phi) is 5.75. The monoisotopic (exact) mass is 440 g/mol. The molecular weight excluding hydrogens is 416 g/mol. The molecule has 0 radical (unpaired) electrons. The molecule has 0 saturated carbocycles. The van der Waals surface area contributed by atoms with Crippen molar-refractivity contribution in [1.29, 1.82) is 0 Å². The number of carbonyl (C=O) groups is 1. The first-order chi connectivity index (χ1) is 14.3. The number of nitrogens with one attached hydrogen (secondary N) is 1. The Bertz CT molecular complexity index is 1200. The highest BCUT2D eigenvalue weighted by molar-refractivity contribution is 7.91. The molecule has 3 aromatic rings. The Morgan fingerprint density at radius 3 is 2.70 bits per heavy atom. The van der Waals surface area contributed by atoms with Gasteiger partial charge < -0.3 is 5.32 Å². The number of carbonyl (C=O) groups excluding carboxylic acids is 1. The van der Waals surface area contributed by atoms with Crippen LogP contribution in [0.1, 0.15) is 31.4 Å². The number of rotatable bonds is 7. The summed E-state index contributed by atoms with van der Waals surface area (Å²) in [6, 6.07) is 14.8. The maximum atomic E-state index is 12.2. The second-order valence-electron chi connectivity index (χ2n) is 8.05. The van der Waals surface area contributed by atoms with E-state index in [9.17, 15) is 13.2 Å². The van der Waals surface area contributed by atoms with Gasteiger partial charge in [0.1, 0.15) is 0 Å². The minimum atomic E-state index is -3.21. The lowest BCUT2D eigenvalue weighted by Crippen LogP contribution is -2.20. The molecule has 1 amide bonds. The van der Waals surface area contributed by atoms with Crippen molar-refractivity contribution in [2.75, 3.05) is 16.8 Å². The van der Waals surface area contributed by atoms with Crippen LogP contribution in [0.15, 0.2) is 47.8 Å². The molecule has 1 aliphatic carbocycles. The summed E-state index contributed by atoms with van der Waals surface area (Å²) in [5.41, 5.74) is 6.99. The van der Waals surface area contributed by atoms with Crippen molar-refractivity contribution in [3.05, 3.63) is 59.0 Å². The molecule has 0 spiro atoms. The van der Waals surface area contributed by atoms with E-state index in [0.717, 1.165) is 17.7 Å². The van der Waals surface area contributed by atoms with Gasteiger partial charge in [-0.2, -0.15) is 0 Å². The smallest absolute Gasteiger partial charge is 0.227 e. The Morgan fingerprint density at radius 1 is 1.13 bits per heavy atom. The van der Waals surface area contributed by atoms with Crippen LogP contribution in [0.2, 0.25) is 0 Å². The van der Waals surface area contributed by atoms with Crippen LogP contribution in [0.4, 0.5) is 5.13 Å². The van der Waals surface area contributed by atoms with Crippen LogP contribution in [0.3, 0.4) is 0 Å². The lowest BCUT2D eigenvalue weighted by Gasteiger charge is -2.06. The van der Waals surface area contributed by atoms with E-state index in [2.05, 4.69) is 52.8 Å². The molecule has 0 saturated heterocycles. The lowest BCUT2D eigenvalue weighted by atomic mass is 10.0. The number of anilines is 1. The SMILES string of the molecule is CC(C)CS(=O)(=O)CCC(=O)Nc1nc(-c2ccc3c(c2)Cc2ccccc2-3)cs1. The molecule has 1 heterocycles. The maximum Gasteiger partial charge on any atom is 0.227 e. The van der Waals surface area contributed by atoms with Crippen molar-refractivity contribution in [3.63, 3.8) is 0 Å². The number of fused-ring (bicyclic) bond motifs is 3. The molecule has 0 atom stereocenters. The first-order valence-electron chi connectivity index (χ1n) is 9.98. The first-order valence-corrected chi connectivity index (χ1v) is 12.7. The summed E-state index contributed by atoms with van der Waals surface area (Å²) in [5.74, 6) is -0.308. The highest BCUT2D eigenvalue weighted by Crippen LogP contribution is 2.38. The van der Waals surface area contributed by atoms with Crippen molar-refractivity contribution in [2.45, 2.75) is 26.7 Å². The van der Waals surface area contributed by atoms with Gasteiger partial charge in [-0.1, -0.05) is 50.2 Å². The van der Waals surface area contributed by atoms with Gasteiger partial charge in [-0.15, -0.1) is 11.3 Å². The van der Waals surface area contributed by atoms with Gasteiger partial charge in [0.2, 0.25) is 5.91 Å². The fraction of sp³-hybridized carbons (Fsp3) is 0.304. The van der Waals surface area contributed by atoms with Crippen LogP contribution in [0.5, 0.6) is 0 Å². The fourth-order valence-corrected chi connectivity index (χ4v) is 6.20. The van der Waals surface area contributed by atoms with Gasteiger partial charge >= 0.3 is 0 Å². The molecule has 1 aliphatic rings. The molecule has 5 nitrogen and oxygen atoms in total. The highest BCUT2D eigenvalue weighted by atomic mass is 32.2. The van der Waals surface area contributed by atoms with Crippen molar-refractivity contribution in [3.8, 4) is 22.4 Å². The predicted molar refractivity (Wildman–Crippen MR) is 123 cm³/mol. The normalized spacial score (nSPS) is 12.6. The van der Waals surface area contributed by atoms with Crippen LogP contribution < -0.4 is 5.32 Å². The number of thiazole rings is 1. The van der Waals surface area contributed by atoms with Crippen LogP contribution in [-0.4, -0.2) is 30.8 Å². The number of sulfone groups is 1. The highest BCUT2D eigenvalue weighted by Gasteiger charge is 2.19. The van der Waals surface area contributed by atoms with Gasteiger partial charge in [-0.25, -0.2) is 13.4 Å². The molecule has 0 unspecified atom stereocenters. The van der Waals surface area contributed by atoms with E-state index in [1.807, 2.05) is 19.2 Å². The number of hydrogen-bond acceptors (Lipinski definition) is 5. The minimum absolute atomic E-state index is 0.0545. The predicted octanol–water partition coefficient (Wildman–Crippen LogP) is 4.78. The molecule has 1 aromatic heterocycles. The third-order valence-electron chi connectivity index (χ3n) is 5.07. The van der Waals surface area contributed by atoms with Crippen molar-refractivity contribution in [2.24, 2.45) is 5.92 Å². The number of nitrogens with zero attached hydrogens (tertiary/aromatic N) is 1. The van der Waals surface area contributed by atoms with E-state index in [0.29, 0.717) is 5.13 Å². The fourth-order valence-electron chi connectivity index (χ4n) is 3.79. The second kappa shape index (κ2) is 8.32. The average molecular weight is 441 g/mol. The summed E-state index contributed by atoms with van der Waals surface area (Å²) in [5, 5.41) is 5.13. The molecule has 156 valence electrons. The zero-order valence-corrected chi connectivity index (χ0v) is 18.6. The van der Waals surface area contributed by atoms with Gasteiger partial charge in [0.05, 0.1) is 17.2 Å². The van der Waals surface area contributed by atoms with Crippen molar-refractivity contribution < 1.29 is 13.2 Å². The second-order valence-corrected chi connectivity index (χ2v) is 11.1. The summed E-state index contributed by atoms with van der Waals surface area (Å²) in [4.78, 5) is 16.7. The van der Waals surface area contributed by atoms with Crippen molar-refractivity contribution in [1.82, 2.24) is 4.98 Å². The maximum absolute atomic E-state index is 12.2. The third-order valence-corrected chi connectivity index (χ3v) is 7.83. The van der Waals surface area contributed by atoms with E-state index < -0.39 is 9.84 Å². The lowest BCUT2D eigenvalue weighted by molar-refractivity contribution is -0.115. The van der Waals surface area contributed by atoms with Crippen LogP contribution in [-0.2, 0) is 21.1 Å². The van der Waals surface area contributed by atoms with E-state index >= 15 is 0 Å².